The molecule has 23 heavy (non-hydrogen) atoms. The molecule has 0 bridgehead atoms. The molecule has 0 aromatic rings. The van der Waals surface area contributed by atoms with Gasteiger partial charge in [-0.05, 0) is 19.8 Å². The van der Waals surface area contributed by atoms with E-state index in [2.05, 4.69) is 5.32 Å². The first-order valence-electron chi connectivity index (χ1n) is 8.30. The predicted octanol–water partition coefficient (Wildman–Crippen LogP) is 0.948. The number of hydrogen-bond acceptors (Lipinski definition) is 6. The zero-order valence-corrected chi connectivity index (χ0v) is 14.4. The molecular formula is C16H31NO6. The lowest BCUT2D eigenvalue weighted by Gasteiger charge is -2.06. The minimum absolute atomic E-state index is 0.0506. The van der Waals surface area contributed by atoms with E-state index in [1.807, 2.05) is 13.8 Å². The van der Waals surface area contributed by atoms with Crippen LogP contribution in [0.3, 0.4) is 0 Å². The number of nitrogens with one attached hydrogen (secondary N) is 1. The van der Waals surface area contributed by atoms with Gasteiger partial charge in [-0.3, -0.25) is 9.59 Å². The van der Waals surface area contributed by atoms with E-state index < -0.39 is 0 Å². The molecule has 7 heteroatoms. The summed E-state index contributed by atoms with van der Waals surface area (Å²) >= 11 is 0. The van der Waals surface area contributed by atoms with Crippen LogP contribution in [0.25, 0.3) is 0 Å². The number of carbonyl (C=O) groups excluding carboxylic acids is 2. The summed E-state index contributed by atoms with van der Waals surface area (Å²) in [7, 11) is 0. The summed E-state index contributed by atoms with van der Waals surface area (Å²) in [5, 5.41) is 2.64. The molecule has 0 fully saturated rings. The summed E-state index contributed by atoms with van der Waals surface area (Å²) in [6, 6.07) is 0. The van der Waals surface area contributed by atoms with Crippen LogP contribution in [0.1, 0.15) is 33.1 Å². The average Bonchev–Trinajstić information content (AvgIpc) is 2.53. The fraction of sp³-hybridized carbons (Fsp3) is 0.875. The number of Topliss-reactive ketones (excluding diaryl/α,β-unsaturated/α-hetero) is 1. The third-order valence-electron chi connectivity index (χ3n) is 2.71. The molecule has 0 aromatic carbocycles. The Labute approximate surface area is 139 Å². The molecule has 0 rings (SSSR count). The molecule has 136 valence electrons. The van der Waals surface area contributed by atoms with Crippen LogP contribution in [-0.2, 0) is 28.5 Å². The summed E-state index contributed by atoms with van der Waals surface area (Å²) in [4.78, 5) is 22.6. The highest BCUT2D eigenvalue weighted by Crippen LogP contribution is 1.94. The standard InChI is InChI=1S/C16H31NO6/c1-3-7-20-9-11-22-13-15(18)6-5-8-21-10-12-23-14-16(19)17-4-2/h3-14H2,1-2H3,(H,17,19). The summed E-state index contributed by atoms with van der Waals surface area (Å²) in [6.07, 6.45) is 2.08. The maximum atomic E-state index is 11.5. The van der Waals surface area contributed by atoms with Crippen LogP contribution in [0, 0.1) is 0 Å². The largest absolute Gasteiger partial charge is 0.379 e. The number of likely N-dealkylation sites (N-methyl/N-ethyl adjacent to an activating group) is 1. The molecular weight excluding hydrogens is 302 g/mol. The number of carbonyl (C=O) groups is 2. The van der Waals surface area contributed by atoms with Crippen molar-refractivity contribution >= 4 is 11.7 Å². The van der Waals surface area contributed by atoms with Gasteiger partial charge in [0.05, 0.1) is 26.4 Å². The summed E-state index contributed by atoms with van der Waals surface area (Å²) in [5.74, 6) is -0.0604. The van der Waals surface area contributed by atoms with Crippen LogP contribution in [0.5, 0.6) is 0 Å². The molecule has 7 nitrogen and oxygen atoms in total. The van der Waals surface area contributed by atoms with Gasteiger partial charge < -0.3 is 24.3 Å². The van der Waals surface area contributed by atoms with Gasteiger partial charge in [-0.25, -0.2) is 0 Å². The quantitative estimate of drug-likeness (QED) is 0.399. The van der Waals surface area contributed by atoms with Crippen molar-refractivity contribution < 1.29 is 28.5 Å². The average molecular weight is 333 g/mol. The van der Waals surface area contributed by atoms with Gasteiger partial charge in [0.2, 0.25) is 5.91 Å². The van der Waals surface area contributed by atoms with Gasteiger partial charge in [-0.15, -0.1) is 0 Å². The molecule has 0 radical (unpaired) electrons. The van der Waals surface area contributed by atoms with Crippen molar-refractivity contribution in [1.29, 1.82) is 0 Å². The molecule has 0 aliphatic heterocycles. The van der Waals surface area contributed by atoms with Crippen LogP contribution >= 0.6 is 0 Å². The second kappa shape index (κ2) is 17.3. The Hall–Kier alpha value is -1.02. The Morgan fingerprint density at radius 2 is 1.39 bits per heavy atom. The molecule has 0 heterocycles. The molecule has 1 N–H and O–H groups in total. The molecule has 0 aromatic heterocycles. The Morgan fingerprint density at radius 1 is 0.783 bits per heavy atom. The van der Waals surface area contributed by atoms with Gasteiger partial charge in [-0.1, -0.05) is 6.92 Å². The summed E-state index contributed by atoms with van der Waals surface area (Å²) in [5.41, 5.74) is 0. The molecule has 0 unspecified atom stereocenters. The maximum absolute atomic E-state index is 11.5. The first-order valence-corrected chi connectivity index (χ1v) is 8.30. The molecule has 0 aliphatic rings. The highest BCUT2D eigenvalue weighted by Gasteiger charge is 2.02. The second-order valence-electron chi connectivity index (χ2n) is 4.93. The highest BCUT2D eigenvalue weighted by atomic mass is 16.5. The molecule has 0 spiro atoms. The SMILES string of the molecule is CCCOCCOCC(=O)CCCOCCOCC(=O)NCC. The van der Waals surface area contributed by atoms with Gasteiger partial charge in [0.25, 0.3) is 0 Å². The van der Waals surface area contributed by atoms with Crippen LogP contribution in [0.2, 0.25) is 0 Å². The lowest BCUT2D eigenvalue weighted by molar-refractivity contribution is -0.126. The van der Waals surface area contributed by atoms with Crippen molar-refractivity contribution in [3.63, 3.8) is 0 Å². The van der Waals surface area contributed by atoms with Crippen molar-refractivity contribution in [2.45, 2.75) is 33.1 Å². The van der Waals surface area contributed by atoms with Crippen molar-refractivity contribution in [1.82, 2.24) is 5.32 Å². The van der Waals surface area contributed by atoms with Crippen molar-refractivity contribution in [2.75, 3.05) is 59.4 Å². The fourth-order valence-electron chi connectivity index (χ4n) is 1.63. The van der Waals surface area contributed by atoms with E-state index >= 15 is 0 Å². The normalized spacial score (nSPS) is 10.7. The van der Waals surface area contributed by atoms with Gasteiger partial charge in [-0.2, -0.15) is 0 Å². The van der Waals surface area contributed by atoms with Crippen molar-refractivity contribution in [2.24, 2.45) is 0 Å². The topological polar surface area (TPSA) is 83.1 Å². The number of rotatable bonds is 17. The van der Waals surface area contributed by atoms with Crippen LogP contribution in [0.4, 0.5) is 0 Å². The summed E-state index contributed by atoms with van der Waals surface area (Å²) in [6.45, 7) is 7.66. The van der Waals surface area contributed by atoms with E-state index in [-0.39, 0.29) is 24.9 Å². The van der Waals surface area contributed by atoms with E-state index in [1.54, 1.807) is 0 Å². The minimum Gasteiger partial charge on any atom is -0.379 e. The fourth-order valence-corrected chi connectivity index (χ4v) is 1.63. The number of ketones is 1. The Morgan fingerprint density at radius 3 is 2.04 bits per heavy atom. The first-order chi connectivity index (χ1) is 11.2. The Bertz CT molecular complexity index is 298. The van der Waals surface area contributed by atoms with Gasteiger partial charge in [0.1, 0.15) is 13.2 Å². The molecule has 0 saturated carbocycles. The lowest BCUT2D eigenvalue weighted by atomic mass is 10.2. The number of hydrogen-bond donors (Lipinski definition) is 1. The lowest BCUT2D eigenvalue weighted by Crippen LogP contribution is -2.27. The van der Waals surface area contributed by atoms with Gasteiger partial charge >= 0.3 is 0 Å². The third-order valence-corrected chi connectivity index (χ3v) is 2.71. The molecule has 0 aliphatic carbocycles. The minimum atomic E-state index is -0.127. The monoisotopic (exact) mass is 333 g/mol. The van der Waals surface area contributed by atoms with Crippen LogP contribution < -0.4 is 5.32 Å². The van der Waals surface area contributed by atoms with Gasteiger partial charge in [0, 0.05) is 26.2 Å². The Kier molecular flexibility index (Phi) is 16.6. The van der Waals surface area contributed by atoms with Crippen molar-refractivity contribution in [3.8, 4) is 0 Å². The van der Waals surface area contributed by atoms with Gasteiger partial charge in [0.15, 0.2) is 5.78 Å². The smallest absolute Gasteiger partial charge is 0.245 e. The van der Waals surface area contributed by atoms with Crippen molar-refractivity contribution in [3.05, 3.63) is 0 Å². The van der Waals surface area contributed by atoms with Crippen LogP contribution in [-0.4, -0.2) is 71.1 Å². The summed E-state index contributed by atoms with van der Waals surface area (Å²) < 4.78 is 20.9. The van der Waals surface area contributed by atoms with E-state index in [0.29, 0.717) is 52.4 Å². The number of ether oxygens (including phenoxy) is 4. The molecule has 0 atom stereocenters. The van der Waals surface area contributed by atoms with E-state index in [0.717, 1.165) is 13.0 Å². The zero-order chi connectivity index (χ0) is 17.2. The third kappa shape index (κ3) is 17.2. The maximum Gasteiger partial charge on any atom is 0.245 e. The van der Waals surface area contributed by atoms with Crippen LogP contribution in [0.15, 0.2) is 0 Å². The zero-order valence-electron chi connectivity index (χ0n) is 14.4. The predicted molar refractivity (Wildman–Crippen MR) is 86.5 cm³/mol. The highest BCUT2D eigenvalue weighted by molar-refractivity contribution is 5.79. The Balaban J connectivity index is 3.22. The second-order valence-corrected chi connectivity index (χ2v) is 4.93. The molecule has 1 amide bonds. The van der Waals surface area contributed by atoms with E-state index in [1.165, 1.54) is 0 Å². The van der Waals surface area contributed by atoms with E-state index in [9.17, 15) is 9.59 Å². The van der Waals surface area contributed by atoms with E-state index in [4.69, 9.17) is 18.9 Å². The molecule has 0 saturated heterocycles. The number of amides is 1. The first kappa shape index (κ1) is 22.0.